The summed E-state index contributed by atoms with van der Waals surface area (Å²) in [6.07, 6.45) is 2.69. The Bertz CT molecular complexity index is 1420. The van der Waals surface area contributed by atoms with Gasteiger partial charge < -0.3 is 14.3 Å². The van der Waals surface area contributed by atoms with Gasteiger partial charge >= 0.3 is 0 Å². The third-order valence-electron chi connectivity index (χ3n) is 5.43. The lowest BCUT2D eigenvalue weighted by atomic mass is 10.2. The highest BCUT2D eigenvalue weighted by Crippen LogP contribution is 2.28. The second-order valence-electron chi connectivity index (χ2n) is 7.80. The topological polar surface area (TPSA) is 85.8 Å². The van der Waals surface area contributed by atoms with Crippen molar-refractivity contribution in [1.82, 2.24) is 25.1 Å². The van der Waals surface area contributed by atoms with Crippen molar-refractivity contribution in [2.45, 2.75) is 31.1 Å². The summed E-state index contributed by atoms with van der Waals surface area (Å²) in [5.74, 6) is 1.14. The number of amides is 1. The molecule has 0 bridgehead atoms. The summed E-state index contributed by atoms with van der Waals surface area (Å²) < 4.78 is 20.7. The first-order valence-electron chi connectivity index (χ1n) is 11.0. The molecule has 0 unspecified atom stereocenters. The van der Waals surface area contributed by atoms with Gasteiger partial charge in [0.2, 0.25) is 11.1 Å². The van der Waals surface area contributed by atoms with Crippen LogP contribution in [0.25, 0.3) is 22.1 Å². The van der Waals surface area contributed by atoms with Gasteiger partial charge in [-0.3, -0.25) is 4.79 Å². The predicted molar refractivity (Wildman–Crippen MR) is 129 cm³/mol. The van der Waals surface area contributed by atoms with E-state index < -0.39 is 0 Å². The maximum Gasteiger partial charge on any atom is 0.220 e. The summed E-state index contributed by atoms with van der Waals surface area (Å²) in [7, 11) is 0. The first-order valence-corrected chi connectivity index (χ1v) is 11.9. The third-order valence-corrected chi connectivity index (χ3v) is 6.35. The van der Waals surface area contributed by atoms with Gasteiger partial charge in [0.1, 0.15) is 17.1 Å². The average Bonchev–Trinajstić information content (AvgIpc) is 3.49. The van der Waals surface area contributed by atoms with Crippen LogP contribution >= 0.6 is 11.8 Å². The summed E-state index contributed by atoms with van der Waals surface area (Å²) in [5, 5.41) is 13.1. The molecule has 3 heterocycles. The van der Waals surface area contributed by atoms with Crippen LogP contribution in [0.1, 0.15) is 24.2 Å². The van der Waals surface area contributed by atoms with Crippen LogP contribution in [-0.2, 0) is 17.9 Å². The Morgan fingerprint density at radius 3 is 2.74 bits per heavy atom. The SMILES string of the molecule is O=C(CCCSc1nnc2c3ccccc3n(Cc3ccc(F)cc3)c2n1)NCc1ccco1. The third kappa shape index (κ3) is 4.94. The molecule has 0 saturated heterocycles. The number of nitrogens with zero attached hydrogens (tertiary/aromatic N) is 4. The maximum absolute atomic E-state index is 13.4. The Morgan fingerprint density at radius 1 is 1.06 bits per heavy atom. The Hall–Kier alpha value is -3.72. The minimum atomic E-state index is -0.261. The van der Waals surface area contributed by atoms with E-state index in [1.54, 1.807) is 24.5 Å². The van der Waals surface area contributed by atoms with Gasteiger partial charge in [0, 0.05) is 24.1 Å². The first kappa shape index (κ1) is 22.1. The van der Waals surface area contributed by atoms with Gasteiger partial charge in [0.05, 0.1) is 18.3 Å². The van der Waals surface area contributed by atoms with Crippen LogP contribution in [-0.4, -0.2) is 31.4 Å². The summed E-state index contributed by atoms with van der Waals surface area (Å²) in [4.78, 5) is 16.8. The smallest absolute Gasteiger partial charge is 0.220 e. The molecule has 9 heteroatoms. The molecule has 0 radical (unpaired) electrons. The largest absolute Gasteiger partial charge is 0.467 e. The quantitative estimate of drug-likeness (QED) is 0.240. The van der Waals surface area contributed by atoms with Gasteiger partial charge in [0.15, 0.2) is 5.65 Å². The molecule has 3 aromatic heterocycles. The van der Waals surface area contributed by atoms with Crippen molar-refractivity contribution in [3.05, 3.63) is 84.1 Å². The van der Waals surface area contributed by atoms with Gasteiger partial charge in [-0.2, -0.15) is 0 Å². The number of rotatable bonds is 9. The second-order valence-corrected chi connectivity index (χ2v) is 8.87. The zero-order valence-electron chi connectivity index (χ0n) is 18.3. The van der Waals surface area contributed by atoms with Gasteiger partial charge in [-0.05, 0) is 42.3 Å². The average molecular weight is 476 g/mol. The highest BCUT2D eigenvalue weighted by Gasteiger charge is 2.15. The number of furan rings is 1. The van der Waals surface area contributed by atoms with E-state index in [2.05, 4.69) is 20.1 Å². The standard InChI is InChI=1S/C25H22FN5O2S/c26-18-11-9-17(10-12-18)16-31-21-7-2-1-6-20(21)23-24(31)28-25(30-29-23)34-14-4-8-22(32)27-15-19-5-3-13-33-19/h1-3,5-7,9-13H,4,8,14-16H2,(H,27,32). The number of nitrogens with one attached hydrogen (secondary N) is 1. The molecule has 1 amide bonds. The molecule has 0 aliphatic rings. The number of halogens is 1. The highest BCUT2D eigenvalue weighted by molar-refractivity contribution is 7.99. The monoisotopic (exact) mass is 475 g/mol. The van der Waals surface area contributed by atoms with Crippen molar-refractivity contribution in [2.75, 3.05) is 5.75 Å². The molecule has 0 spiro atoms. The number of hydrogen-bond acceptors (Lipinski definition) is 6. The fraction of sp³-hybridized carbons (Fsp3) is 0.200. The number of carbonyl (C=O) groups is 1. The molecule has 5 rings (SSSR count). The van der Waals surface area contributed by atoms with Crippen LogP contribution in [0, 0.1) is 5.82 Å². The summed E-state index contributed by atoms with van der Waals surface area (Å²) in [6, 6.07) is 18.1. The van der Waals surface area contributed by atoms with Crippen molar-refractivity contribution in [2.24, 2.45) is 0 Å². The molecule has 2 aromatic carbocycles. The summed E-state index contributed by atoms with van der Waals surface area (Å²) in [6.45, 7) is 0.935. The van der Waals surface area contributed by atoms with Crippen molar-refractivity contribution in [3.63, 3.8) is 0 Å². The Balaban J connectivity index is 1.28. The summed E-state index contributed by atoms with van der Waals surface area (Å²) >= 11 is 1.47. The predicted octanol–water partition coefficient (Wildman–Crippen LogP) is 4.95. The molecule has 34 heavy (non-hydrogen) atoms. The molecule has 5 aromatic rings. The fourth-order valence-corrected chi connectivity index (χ4v) is 4.49. The molecule has 0 saturated carbocycles. The molecule has 7 nitrogen and oxygen atoms in total. The zero-order chi connectivity index (χ0) is 23.3. The van der Waals surface area contributed by atoms with E-state index in [1.165, 1.54) is 23.9 Å². The number of hydrogen-bond donors (Lipinski definition) is 1. The number of thioether (sulfide) groups is 1. The van der Waals surface area contributed by atoms with Crippen LogP contribution in [0.3, 0.4) is 0 Å². The van der Waals surface area contributed by atoms with Crippen LogP contribution in [0.2, 0.25) is 0 Å². The number of benzene rings is 2. The van der Waals surface area contributed by atoms with Crippen molar-refractivity contribution in [1.29, 1.82) is 0 Å². The zero-order valence-corrected chi connectivity index (χ0v) is 19.1. The van der Waals surface area contributed by atoms with E-state index in [-0.39, 0.29) is 11.7 Å². The number of aromatic nitrogens is 4. The van der Waals surface area contributed by atoms with E-state index >= 15 is 0 Å². The van der Waals surface area contributed by atoms with Gasteiger partial charge in [-0.25, -0.2) is 9.37 Å². The molecule has 0 aliphatic carbocycles. The van der Waals surface area contributed by atoms with E-state index in [4.69, 9.17) is 9.40 Å². The summed E-state index contributed by atoms with van der Waals surface area (Å²) in [5.41, 5.74) is 3.44. The number of carbonyl (C=O) groups excluding carboxylic acids is 1. The number of para-hydroxylation sites is 1. The lowest BCUT2D eigenvalue weighted by Gasteiger charge is -2.07. The van der Waals surface area contributed by atoms with Crippen LogP contribution in [0.5, 0.6) is 0 Å². The van der Waals surface area contributed by atoms with Crippen LogP contribution < -0.4 is 5.32 Å². The number of fused-ring (bicyclic) bond motifs is 3. The molecule has 172 valence electrons. The van der Waals surface area contributed by atoms with Gasteiger partial charge in [0.25, 0.3) is 0 Å². The van der Waals surface area contributed by atoms with Crippen molar-refractivity contribution < 1.29 is 13.6 Å². The Kier molecular flexibility index (Phi) is 6.53. The molecule has 0 fully saturated rings. The molecular formula is C25H22FN5O2S. The van der Waals surface area contributed by atoms with Crippen molar-refractivity contribution >= 4 is 39.7 Å². The highest BCUT2D eigenvalue weighted by atomic mass is 32.2. The van der Waals surface area contributed by atoms with Gasteiger partial charge in [-0.1, -0.05) is 42.1 Å². The first-order chi connectivity index (χ1) is 16.7. The Morgan fingerprint density at radius 2 is 1.91 bits per heavy atom. The maximum atomic E-state index is 13.4. The lowest BCUT2D eigenvalue weighted by molar-refractivity contribution is -0.121. The minimum Gasteiger partial charge on any atom is -0.467 e. The molecule has 0 aliphatic heterocycles. The van der Waals surface area contributed by atoms with E-state index in [1.807, 2.05) is 30.3 Å². The normalized spacial score (nSPS) is 11.3. The molecule has 0 atom stereocenters. The fourth-order valence-electron chi connectivity index (χ4n) is 3.77. The van der Waals surface area contributed by atoms with Crippen LogP contribution in [0.15, 0.2) is 76.5 Å². The second kappa shape index (κ2) is 10.0. The molecular weight excluding hydrogens is 453 g/mol. The van der Waals surface area contributed by atoms with E-state index in [9.17, 15) is 9.18 Å². The van der Waals surface area contributed by atoms with E-state index in [0.717, 1.165) is 33.4 Å². The lowest BCUT2D eigenvalue weighted by Crippen LogP contribution is -2.22. The van der Waals surface area contributed by atoms with Gasteiger partial charge in [-0.15, -0.1) is 10.2 Å². The Labute approximate surface area is 199 Å². The minimum absolute atomic E-state index is 0.0223. The van der Waals surface area contributed by atoms with E-state index in [0.29, 0.717) is 36.8 Å². The van der Waals surface area contributed by atoms with Crippen LogP contribution in [0.4, 0.5) is 4.39 Å². The van der Waals surface area contributed by atoms with Crippen molar-refractivity contribution in [3.8, 4) is 0 Å². The molecule has 1 N–H and O–H groups in total.